The Labute approximate surface area is 298 Å². The van der Waals surface area contributed by atoms with Crippen LogP contribution in [-0.2, 0) is 4.79 Å². The van der Waals surface area contributed by atoms with E-state index in [9.17, 15) is 0 Å². The van der Waals surface area contributed by atoms with Gasteiger partial charge in [-0.2, -0.15) is 21.2 Å². The molecule has 272 valence electrons. The Kier molecular flexibility index (Phi) is 9.06. The number of carbonyl (C=O) groups is 1. The first-order valence-corrected chi connectivity index (χ1v) is 20.4. The normalized spacial score (nSPS) is 36.6. The Balaban J connectivity index is 1.02. The van der Waals surface area contributed by atoms with Crippen molar-refractivity contribution in [1.82, 2.24) is 40.6 Å². The molecule has 9 rings (SSSR count). The molecule has 5 unspecified atom stereocenters. The smallest absolute Gasteiger partial charge is 0.242 e. The maximum Gasteiger partial charge on any atom is 0.242 e. The number of likely N-dealkylation sites (tertiary alicyclic amines) is 1. The number of piperidine rings is 2. The van der Waals surface area contributed by atoms with Crippen LogP contribution < -0.4 is 21.7 Å². The molecule has 5 fully saturated rings. The first-order valence-electron chi connectivity index (χ1n) is 20.4. The molecule has 2 aromatic rings. The second kappa shape index (κ2) is 13.7. The number of nitrogens with one attached hydrogen (secondary N) is 2. The van der Waals surface area contributed by atoms with Crippen molar-refractivity contribution in [3.05, 3.63) is 35.3 Å². The quantitative estimate of drug-likeness (QED) is 0.366. The standard InChI is InChI=1S/C39H60N10O/c1-27-25-47-35(41-36(27)45-21-17-30(40)26-45)23-32(42-47)33-15-9-11-20-46(33)37(50)34-16-19-39-18-10-4-2-3-6-13-29(24-39)28-12-7-5-8-14-31(22-28)48-38(39)49(34)44-43-48/h22-23,25,28-30,33-34,38,43-44H,2-21,24,26,40H2,1H3/b31-22+/t28?,29?,30-,33-,34?,38?,39?/m0/s1. The predicted octanol–water partition coefficient (Wildman–Crippen LogP) is 5.87. The highest BCUT2D eigenvalue weighted by molar-refractivity contribution is 5.82. The third-order valence-electron chi connectivity index (χ3n) is 13.9. The summed E-state index contributed by atoms with van der Waals surface area (Å²) in [7, 11) is 0. The Bertz CT molecular complexity index is 1590. The van der Waals surface area contributed by atoms with Gasteiger partial charge in [0.05, 0.1) is 11.7 Å². The van der Waals surface area contributed by atoms with E-state index in [1.165, 1.54) is 82.7 Å². The highest BCUT2D eigenvalue weighted by atomic mass is 16.2. The molecule has 7 atom stereocenters. The van der Waals surface area contributed by atoms with E-state index in [1.807, 2.05) is 4.52 Å². The lowest BCUT2D eigenvalue weighted by Gasteiger charge is -2.55. The number of anilines is 1. The van der Waals surface area contributed by atoms with Gasteiger partial charge in [0.25, 0.3) is 0 Å². The summed E-state index contributed by atoms with van der Waals surface area (Å²) in [5.74, 6) is 2.70. The van der Waals surface area contributed by atoms with Gasteiger partial charge in [-0.3, -0.25) is 9.80 Å². The van der Waals surface area contributed by atoms with E-state index in [0.717, 1.165) is 93.2 Å². The average molecular weight is 685 g/mol. The zero-order valence-electron chi connectivity index (χ0n) is 30.4. The van der Waals surface area contributed by atoms with Crippen LogP contribution in [-0.4, -0.2) is 73.3 Å². The molecule has 4 bridgehead atoms. The number of aromatic nitrogens is 3. The molecule has 50 heavy (non-hydrogen) atoms. The number of aryl methyl sites for hydroxylation is 1. The van der Waals surface area contributed by atoms with Gasteiger partial charge in [-0.05, 0) is 95.8 Å². The minimum Gasteiger partial charge on any atom is -0.355 e. The second-order valence-corrected chi connectivity index (χ2v) is 17.1. The van der Waals surface area contributed by atoms with Crippen molar-refractivity contribution in [2.24, 2.45) is 23.0 Å². The van der Waals surface area contributed by atoms with Gasteiger partial charge >= 0.3 is 0 Å². The largest absolute Gasteiger partial charge is 0.355 e. The van der Waals surface area contributed by atoms with Crippen molar-refractivity contribution in [3.8, 4) is 0 Å². The molecule has 4 N–H and O–H groups in total. The van der Waals surface area contributed by atoms with E-state index in [0.29, 0.717) is 5.92 Å². The highest BCUT2D eigenvalue weighted by Crippen LogP contribution is 2.54. The minimum absolute atomic E-state index is 0.0334. The monoisotopic (exact) mass is 684 g/mol. The van der Waals surface area contributed by atoms with Gasteiger partial charge in [0.15, 0.2) is 5.65 Å². The second-order valence-electron chi connectivity index (χ2n) is 17.1. The molecule has 2 aromatic heterocycles. The summed E-state index contributed by atoms with van der Waals surface area (Å²) in [4.78, 5) is 24.6. The molecule has 5 aliphatic heterocycles. The zero-order chi connectivity index (χ0) is 33.8. The third kappa shape index (κ3) is 5.93. The van der Waals surface area contributed by atoms with Gasteiger partial charge in [-0.1, -0.05) is 51.0 Å². The summed E-state index contributed by atoms with van der Waals surface area (Å²) >= 11 is 0. The Hall–Kier alpha value is -2.73. The molecule has 7 aliphatic rings. The van der Waals surface area contributed by atoms with Crippen LogP contribution >= 0.6 is 0 Å². The van der Waals surface area contributed by atoms with Gasteiger partial charge in [0.1, 0.15) is 18.0 Å². The van der Waals surface area contributed by atoms with Gasteiger partial charge < -0.3 is 15.5 Å². The van der Waals surface area contributed by atoms with Crippen LogP contribution in [0.15, 0.2) is 24.0 Å². The van der Waals surface area contributed by atoms with Gasteiger partial charge in [-0.25, -0.2) is 9.50 Å². The highest BCUT2D eigenvalue weighted by Gasteiger charge is 2.58. The fourth-order valence-electron chi connectivity index (χ4n) is 11.3. The predicted molar refractivity (Wildman–Crippen MR) is 195 cm³/mol. The molecule has 1 saturated carbocycles. The van der Waals surface area contributed by atoms with E-state index >= 15 is 4.79 Å². The summed E-state index contributed by atoms with van der Waals surface area (Å²) < 4.78 is 1.93. The van der Waals surface area contributed by atoms with Crippen molar-refractivity contribution in [1.29, 1.82) is 0 Å². The molecule has 11 heteroatoms. The molecule has 2 aliphatic carbocycles. The summed E-state index contributed by atoms with van der Waals surface area (Å²) in [5.41, 5.74) is 18.2. The molecule has 7 heterocycles. The Morgan fingerprint density at radius 2 is 1.76 bits per heavy atom. The number of hydrogen-bond donors (Lipinski definition) is 3. The zero-order valence-corrected chi connectivity index (χ0v) is 30.4. The summed E-state index contributed by atoms with van der Waals surface area (Å²) in [6, 6.07) is 2.10. The molecule has 11 nitrogen and oxygen atoms in total. The van der Waals surface area contributed by atoms with Crippen LogP contribution in [0.5, 0.6) is 0 Å². The SMILES string of the molecule is Cc1cn2nc([C@@H]3CCCCN3C(=O)C3CCC45CCCCCCCC(C4)C4/C=C(\CCCCC4)N4NNN3C45)cc2nc1N1CC[C@H](N)C1. The van der Waals surface area contributed by atoms with Gasteiger partial charge in [0, 0.05) is 54.6 Å². The number of carbonyl (C=O) groups excluding carboxylic acids is 1. The van der Waals surface area contributed by atoms with Crippen LogP contribution in [0.4, 0.5) is 5.82 Å². The van der Waals surface area contributed by atoms with Crippen molar-refractivity contribution >= 4 is 17.4 Å². The van der Waals surface area contributed by atoms with Crippen molar-refractivity contribution in [2.75, 3.05) is 24.5 Å². The molecule has 0 radical (unpaired) electrons. The fraction of sp³-hybridized carbons (Fsp3) is 0.769. The van der Waals surface area contributed by atoms with Gasteiger partial charge in [-0.15, -0.1) is 0 Å². The van der Waals surface area contributed by atoms with Crippen LogP contribution in [0.3, 0.4) is 0 Å². The van der Waals surface area contributed by atoms with Crippen LogP contribution in [0.1, 0.15) is 139 Å². The number of nitrogens with zero attached hydrogens (tertiary/aromatic N) is 7. The molecular formula is C39H60N10O. The maximum absolute atomic E-state index is 15.0. The number of allylic oxidation sites excluding steroid dienone is 2. The number of amides is 1. The van der Waals surface area contributed by atoms with E-state index in [-0.39, 0.29) is 35.6 Å². The number of rotatable bonds is 3. The van der Waals surface area contributed by atoms with E-state index in [1.54, 1.807) is 0 Å². The number of hydrazine groups is 3. The summed E-state index contributed by atoms with van der Waals surface area (Å²) in [6.07, 6.45) is 28.1. The van der Waals surface area contributed by atoms with Crippen molar-refractivity contribution < 1.29 is 4.79 Å². The summed E-state index contributed by atoms with van der Waals surface area (Å²) in [5, 5.41) is 9.98. The lowest BCUT2D eigenvalue weighted by Crippen LogP contribution is -2.64. The van der Waals surface area contributed by atoms with E-state index < -0.39 is 0 Å². The Morgan fingerprint density at radius 3 is 2.66 bits per heavy atom. The average Bonchev–Trinajstić information content (AvgIpc) is 3.85. The van der Waals surface area contributed by atoms with Crippen molar-refractivity contribution in [3.63, 3.8) is 0 Å². The lowest BCUT2D eigenvalue weighted by atomic mass is 9.62. The molecular weight excluding hydrogens is 624 g/mol. The van der Waals surface area contributed by atoms with E-state index in [2.05, 4.69) is 56.2 Å². The molecule has 1 amide bonds. The number of fused-ring (bicyclic) bond motifs is 5. The minimum atomic E-state index is -0.203. The molecule has 0 aromatic carbocycles. The van der Waals surface area contributed by atoms with E-state index in [4.69, 9.17) is 15.8 Å². The first kappa shape index (κ1) is 33.1. The van der Waals surface area contributed by atoms with Crippen LogP contribution in [0, 0.1) is 24.2 Å². The third-order valence-corrected chi connectivity index (χ3v) is 13.9. The first-order chi connectivity index (χ1) is 24.5. The topological polar surface area (TPSA) is 110 Å². The summed E-state index contributed by atoms with van der Waals surface area (Å²) in [6.45, 7) is 4.68. The Morgan fingerprint density at radius 1 is 0.920 bits per heavy atom. The fourth-order valence-corrected chi connectivity index (χ4v) is 11.3. The molecule has 4 saturated heterocycles. The maximum atomic E-state index is 15.0. The van der Waals surface area contributed by atoms with Crippen molar-refractivity contribution in [2.45, 2.75) is 153 Å². The van der Waals surface area contributed by atoms with Crippen LogP contribution in [0.2, 0.25) is 0 Å². The number of nitrogens with two attached hydrogens (primary N) is 1. The molecule has 1 spiro atoms. The lowest BCUT2D eigenvalue weighted by molar-refractivity contribution is -0.154. The van der Waals surface area contributed by atoms with Gasteiger partial charge in [0.2, 0.25) is 5.91 Å². The van der Waals surface area contributed by atoms with Crippen LogP contribution in [0.25, 0.3) is 5.65 Å². The number of hydrogen-bond acceptors (Lipinski definition) is 9.